The van der Waals surface area contributed by atoms with E-state index in [0.717, 1.165) is 27.7 Å². The summed E-state index contributed by atoms with van der Waals surface area (Å²) in [6.45, 7) is 2.85. The van der Waals surface area contributed by atoms with Crippen molar-refractivity contribution < 1.29 is 14.2 Å². The zero-order chi connectivity index (χ0) is 21.8. The van der Waals surface area contributed by atoms with E-state index in [0.29, 0.717) is 23.8 Å². The molecule has 0 saturated heterocycles. The van der Waals surface area contributed by atoms with Gasteiger partial charge in [-0.2, -0.15) is 0 Å². The minimum atomic E-state index is 0.242. The predicted molar refractivity (Wildman–Crippen MR) is 126 cm³/mol. The van der Waals surface area contributed by atoms with E-state index in [4.69, 9.17) is 19.2 Å². The van der Waals surface area contributed by atoms with Crippen molar-refractivity contribution in [2.45, 2.75) is 19.5 Å². The topological polar surface area (TPSA) is 52.6 Å². The molecule has 6 heteroatoms. The fraction of sp³-hybridized carbons (Fsp3) is 0.240. The minimum Gasteiger partial charge on any atom is -0.493 e. The van der Waals surface area contributed by atoms with E-state index in [9.17, 15) is 0 Å². The van der Waals surface area contributed by atoms with Crippen LogP contribution in [-0.4, -0.2) is 26.3 Å². The van der Waals surface area contributed by atoms with Crippen molar-refractivity contribution in [3.63, 3.8) is 0 Å². The first-order valence-corrected chi connectivity index (χ1v) is 11.0. The first kappa shape index (κ1) is 21.2. The molecule has 0 amide bonds. The van der Waals surface area contributed by atoms with E-state index in [1.54, 1.807) is 32.7 Å². The third-order valence-corrected chi connectivity index (χ3v) is 6.37. The second kappa shape index (κ2) is 9.37. The summed E-state index contributed by atoms with van der Waals surface area (Å²) in [6, 6.07) is 18.7. The molecule has 0 spiro atoms. The van der Waals surface area contributed by atoms with Crippen LogP contribution in [0, 0.1) is 0 Å². The molecule has 1 N–H and O–H groups in total. The molecular formula is C25H26N2O3S. The lowest BCUT2D eigenvalue weighted by Gasteiger charge is -2.18. The number of hydrogen-bond donors (Lipinski definition) is 1. The monoisotopic (exact) mass is 434 g/mol. The quantitative estimate of drug-likeness (QED) is 0.378. The molecule has 4 aromatic rings. The van der Waals surface area contributed by atoms with Gasteiger partial charge in [0.1, 0.15) is 0 Å². The highest BCUT2D eigenvalue weighted by molar-refractivity contribution is 7.10. The summed E-state index contributed by atoms with van der Waals surface area (Å²) < 4.78 is 16.8. The number of fused-ring (bicyclic) bond motifs is 1. The normalized spacial score (nSPS) is 12.0. The number of nitrogens with zero attached hydrogens (tertiary/aromatic N) is 1. The van der Waals surface area contributed by atoms with Crippen molar-refractivity contribution in [3.05, 3.63) is 70.4 Å². The van der Waals surface area contributed by atoms with E-state index >= 15 is 0 Å². The van der Waals surface area contributed by atoms with Crippen molar-refractivity contribution in [3.8, 4) is 28.5 Å². The van der Waals surface area contributed by atoms with Crippen LogP contribution in [0.1, 0.15) is 23.4 Å². The van der Waals surface area contributed by atoms with E-state index in [1.165, 1.54) is 4.88 Å². The lowest BCUT2D eigenvalue weighted by Crippen LogP contribution is -2.18. The maximum Gasteiger partial charge on any atom is 0.204 e. The molecule has 1 atom stereocenters. The molecule has 0 bridgehead atoms. The number of ether oxygens (including phenoxy) is 3. The van der Waals surface area contributed by atoms with Crippen LogP contribution in [0.25, 0.3) is 22.2 Å². The molecule has 0 radical (unpaired) electrons. The van der Waals surface area contributed by atoms with Crippen molar-refractivity contribution >= 4 is 22.2 Å². The van der Waals surface area contributed by atoms with Gasteiger partial charge in [0.25, 0.3) is 0 Å². The predicted octanol–water partition coefficient (Wildman–Crippen LogP) is 5.84. The molecule has 5 nitrogen and oxygen atoms in total. The van der Waals surface area contributed by atoms with Gasteiger partial charge in [-0.25, -0.2) is 4.98 Å². The molecule has 2 heterocycles. The maximum atomic E-state index is 5.71. The van der Waals surface area contributed by atoms with Gasteiger partial charge in [-0.1, -0.05) is 36.4 Å². The van der Waals surface area contributed by atoms with Gasteiger partial charge < -0.3 is 19.5 Å². The molecule has 0 saturated carbocycles. The second-order valence-corrected chi connectivity index (χ2v) is 8.17. The fourth-order valence-electron chi connectivity index (χ4n) is 3.71. The van der Waals surface area contributed by atoms with Gasteiger partial charge >= 0.3 is 0 Å². The maximum absolute atomic E-state index is 5.71. The molecule has 31 heavy (non-hydrogen) atoms. The summed E-state index contributed by atoms with van der Waals surface area (Å²) in [6.07, 6.45) is 0. The average molecular weight is 435 g/mol. The van der Waals surface area contributed by atoms with Crippen LogP contribution in [0.4, 0.5) is 0 Å². The molecule has 0 unspecified atom stereocenters. The number of methoxy groups -OCH3 is 3. The Kier molecular flexibility index (Phi) is 6.39. The number of benzene rings is 2. The smallest absolute Gasteiger partial charge is 0.204 e. The van der Waals surface area contributed by atoms with Gasteiger partial charge in [-0.05, 0) is 30.0 Å². The Hall–Kier alpha value is -3.09. The average Bonchev–Trinajstić information content (AvgIpc) is 3.36. The van der Waals surface area contributed by atoms with Crippen molar-refractivity contribution in [1.82, 2.24) is 10.3 Å². The Balaban J connectivity index is 1.85. The van der Waals surface area contributed by atoms with Crippen LogP contribution in [0.3, 0.4) is 0 Å². The highest BCUT2D eigenvalue weighted by Gasteiger charge is 2.20. The Morgan fingerprint density at radius 3 is 2.35 bits per heavy atom. The lowest BCUT2D eigenvalue weighted by molar-refractivity contribution is 0.327. The van der Waals surface area contributed by atoms with Crippen LogP contribution in [-0.2, 0) is 6.54 Å². The number of nitrogens with one attached hydrogen (secondary N) is 1. The molecule has 2 aromatic heterocycles. The number of thiophene rings is 1. The molecule has 0 aliphatic carbocycles. The SMILES string of the molecule is COc1cc2nc(-c3ccccc3)c(CN[C@@H](C)c3cccs3)cc2c(OC)c1OC. The minimum absolute atomic E-state index is 0.242. The third kappa shape index (κ3) is 4.22. The van der Waals surface area contributed by atoms with Gasteiger partial charge in [0.2, 0.25) is 5.75 Å². The van der Waals surface area contributed by atoms with E-state index in [1.807, 2.05) is 24.3 Å². The molecule has 4 rings (SSSR count). The zero-order valence-electron chi connectivity index (χ0n) is 18.1. The van der Waals surface area contributed by atoms with Gasteiger partial charge in [-0.3, -0.25) is 0 Å². The summed E-state index contributed by atoms with van der Waals surface area (Å²) in [4.78, 5) is 6.33. The van der Waals surface area contributed by atoms with Crippen LogP contribution < -0.4 is 19.5 Å². The Labute approximate surface area is 186 Å². The van der Waals surface area contributed by atoms with Crippen LogP contribution >= 0.6 is 11.3 Å². The molecule has 160 valence electrons. The summed E-state index contributed by atoms with van der Waals surface area (Å²) in [5.74, 6) is 1.78. The molecule has 0 fully saturated rings. The van der Waals surface area contributed by atoms with Gasteiger partial charge in [0.05, 0.1) is 32.5 Å². The number of rotatable bonds is 8. The molecular weight excluding hydrogens is 408 g/mol. The zero-order valence-corrected chi connectivity index (χ0v) is 19.0. The Morgan fingerprint density at radius 1 is 0.935 bits per heavy atom. The molecule has 0 aliphatic rings. The van der Waals surface area contributed by atoms with E-state index in [-0.39, 0.29) is 6.04 Å². The fourth-order valence-corrected chi connectivity index (χ4v) is 4.47. The molecule has 2 aromatic carbocycles. The van der Waals surface area contributed by atoms with Crippen molar-refractivity contribution in [1.29, 1.82) is 0 Å². The number of aromatic nitrogens is 1. The van der Waals surface area contributed by atoms with Gasteiger partial charge in [-0.15, -0.1) is 11.3 Å². The standard InChI is InChI=1S/C25H26N2O3S/c1-16(22-11-8-12-31-22)26-15-18-13-19-20(27-23(18)17-9-6-5-7-10-17)14-21(28-2)25(30-4)24(19)29-3/h5-14,16,26H,15H2,1-4H3/t16-/m0/s1. The van der Waals surface area contributed by atoms with Crippen molar-refractivity contribution in [2.24, 2.45) is 0 Å². The number of hydrogen-bond acceptors (Lipinski definition) is 6. The highest BCUT2D eigenvalue weighted by atomic mass is 32.1. The summed E-state index contributed by atoms with van der Waals surface area (Å²) in [5.41, 5.74) is 3.89. The molecule has 0 aliphatic heterocycles. The Morgan fingerprint density at radius 2 is 1.71 bits per heavy atom. The first-order valence-electron chi connectivity index (χ1n) is 10.1. The van der Waals surface area contributed by atoms with Crippen LogP contribution in [0.5, 0.6) is 17.2 Å². The Bertz CT molecular complexity index is 1160. The largest absolute Gasteiger partial charge is 0.493 e. The summed E-state index contributed by atoms with van der Waals surface area (Å²) in [7, 11) is 4.87. The van der Waals surface area contributed by atoms with Crippen molar-refractivity contribution in [2.75, 3.05) is 21.3 Å². The summed E-state index contributed by atoms with van der Waals surface area (Å²) >= 11 is 1.76. The first-order chi connectivity index (χ1) is 15.2. The third-order valence-electron chi connectivity index (χ3n) is 5.32. The van der Waals surface area contributed by atoms with E-state index in [2.05, 4.69) is 48.0 Å². The summed E-state index contributed by atoms with van der Waals surface area (Å²) in [5, 5.41) is 6.63. The number of pyridine rings is 1. The second-order valence-electron chi connectivity index (χ2n) is 7.19. The van der Waals surface area contributed by atoms with Gasteiger partial charge in [0, 0.05) is 34.5 Å². The van der Waals surface area contributed by atoms with Gasteiger partial charge in [0.15, 0.2) is 11.5 Å². The van der Waals surface area contributed by atoms with Crippen LogP contribution in [0.15, 0.2) is 60.0 Å². The van der Waals surface area contributed by atoms with Crippen LogP contribution in [0.2, 0.25) is 0 Å². The highest BCUT2D eigenvalue weighted by Crippen LogP contribution is 2.44. The lowest BCUT2D eigenvalue weighted by atomic mass is 10.0. The van der Waals surface area contributed by atoms with E-state index < -0.39 is 0 Å².